The van der Waals surface area contributed by atoms with E-state index in [1.807, 2.05) is 30.5 Å². The largest absolute Gasteiger partial charge is 0.271 e. The lowest BCUT2D eigenvalue weighted by Gasteiger charge is -2.22. The summed E-state index contributed by atoms with van der Waals surface area (Å²) in [6.45, 7) is 4.36. The minimum absolute atomic E-state index is 0.0575. The van der Waals surface area contributed by atoms with Gasteiger partial charge in [-0.25, -0.2) is 4.98 Å². The number of nitrogens with two attached hydrogens (primary N) is 1. The van der Waals surface area contributed by atoms with E-state index in [9.17, 15) is 0 Å². The standard InChI is InChI=1S/C14H20N4/c1-3-6-10(2)14(18-15)13-9-16-11-7-4-5-8-12(11)17-13/h4-5,7-10,14,18H,3,6,15H2,1-2H3. The van der Waals surface area contributed by atoms with Crippen LogP contribution in [0.3, 0.4) is 0 Å². The van der Waals surface area contributed by atoms with Crippen LogP contribution in [0.15, 0.2) is 30.5 Å². The summed E-state index contributed by atoms with van der Waals surface area (Å²) in [6.07, 6.45) is 4.07. The van der Waals surface area contributed by atoms with Gasteiger partial charge in [0.25, 0.3) is 0 Å². The Labute approximate surface area is 108 Å². The molecule has 1 aromatic heterocycles. The van der Waals surface area contributed by atoms with Gasteiger partial charge in [-0.1, -0.05) is 32.4 Å². The average Bonchev–Trinajstić information content (AvgIpc) is 2.40. The Morgan fingerprint density at radius 2 is 2.00 bits per heavy atom. The van der Waals surface area contributed by atoms with E-state index in [4.69, 9.17) is 5.84 Å². The van der Waals surface area contributed by atoms with Crippen molar-refractivity contribution in [1.29, 1.82) is 0 Å². The summed E-state index contributed by atoms with van der Waals surface area (Å²) in [5, 5.41) is 0. The van der Waals surface area contributed by atoms with Crippen molar-refractivity contribution in [3.8, 4) is 0 Å². The zero-order valence-electron chi connectivity index (χ0n) is 10.9. The summed E-state index contributed by atoms with van der Waals surface area (Å²) >= 11 is 0. The zero-order chi connectivity index (χ0) is 13.0. The molecule has 0 radical (unpaired) electrons. The first-order valence-electron chi connectivity index (χ1n) is 6.44. The van der Waals surface area contributed by atoms with Crippen LogP contribution in [0, 0.1) is 5.92 Å². The van der Waals surface area contributed by atoms with Crippen molar-refractivity contribution < 1.29 is 0 Å². The van der Waals surface area contributed by atoms with E-state index in [-0.39, 0.29) is 6.04 Å². The number of nitrogens with zero attached hydrogens (tertiary/aromatic N) is 2. The van der Waals surface area contributed by atoms with Crippen molar-refractivity contribution in [2.75, 3.05) is 0 Å². The molecule has 0 aliphatic heterocycles. The number of nitrogens with one attached hydrogen (secondary N) is 1. The third kappa shape index (κ3) is 2.66. The Kier molecular flexibility index (Phi) is 4.23. The lowest BCUT2D eigenvalue weighted by molar-refractivity contribution is 0.361. The first kappa shape index (κ1) is 12.9. The van der Waals surface area contributed by atoms with Crippen molar-refractivity contribution in [3.63, 3.8) is 0 Å². The Morgan fingerprint density at radius 3 is 2.67 bits per heavy atom. The van der Waals surface area contributed by atoms with Crippen LogP contribution in [0.4, 0.5) is 0 Å². The summed E-state index contributed by atoms with van der Waals surface area (Å²) in [5.41, 5.74) is 5.61. The Hall–Kier alpha value is -1.52. The van der Waals surface area contributed by atoms with Crippen LogP contribution in [0.1, 0.15) is 38.4 Å². The topological polar surface area (TPSA) is 63.8 Å². The van der Waals surface area contributed by atoms with Gasteiger partial charge in [-0.3, -0.25) is 16.3 Å². The fraction of sp³-hybridized carbons (Fsp3) is 0.429. The van der Waals surface area contributed by atoms with Crippen molar-refractivity contribution >= 4 is 11.0 Å². The second-order valence-electron chi connectivity index (χ2n) is 4.69. The molecule has 2 atom stereocenters. The molecule has 18 heavy (non-hydrogen) atoms. The van der Waals surface area contributed by atoms with Gasteiger partial charge in [0.2, 0.25) is 0 Å². The van der Waals surface area contributed by atoms with E-state index in [1.54, 1.807) is 0 Å². The number of fused-ring (bicyclic) bond motifs is 1. The average molecular weight is 244 g/mol. The molecule has 2 unspecified atom stereocenters. The molecule has 2 aromatic rings. The van der Waals surface area contributed by atoms with Crippen LogP contribution in [0.25, 0.3) is 11.0 Å². The molecule has 2 rings (SSSR count). The van der Waals surface area contributed by atoms with Gasteiger partial charge < -0.3 is 0 Å². The van der Waals surface area contributed by atoms with Crippen LogP contribution in [0.5, 0.6) is 0 Å². The van der Waals surface area contributed by atoms with Gasteiger partial charge in [-0.15, -0.1) is 0 Å². The minimum Gasteiger partial charge on any atom is -0.271 e. The predicted molar refractivity (Wildman–Crippen MR) is 73.7 cm³/mol. The first-order valence-corrected chi connectivity index (χ1v) is 6.44. The fourth-order valence-corrected chi connectivity index (χ4v) is 2.28. The smallest absolute Gasteiger partial charge is 0.0890 e. The Bertz CT molecular complexity index is 512. The summed E-state index contributed by atoms with van der Waals surface area (Å²) in [7, 11) is 0. The van der Waals surface area contributed by atoms with Gasteiger partial charge >= 0.3 is 0 Å². The Morgan fingerprint density at radius 1 is 1.28 bits per heavy atom. The zero-order valence-corrected chi connectivity index (χ0v) is 10.9. The van der Waals surface area contributed by atoms with E-state index in [1.165, 1.54) is 0 Å². The van der Waals surface area contributed by atoms with E-state index in [2.05, 4.69) is 29.2 Å². The SMILES string of the molecule is CCCC(C)C(NN)c1cnc2ccccc2n1. The second kappa shape index (κ2) is 5.89. The third-order valence-electron chi connectivity index (χ3n) is 3.28. The molecule has 0 saturated carbocycles. The molecule has 1 heterocycles. The fourth-order valence-electron chi connectivity index (χ4n) is 2.28. The van der Waals surface area contributed by atoms with Gasteiger partial charge in [0.1, 0.15) is 0 Å². The normalized spacial score (nSPS) is 14.6. The quantitative estimate of drug-likeness (QED) is 0.626. The first-order chi connectivity index (χ1) is 8.76. The van der Waals surface area contributed by atoms with Crippen LogP contribution in [-0.2, 0) is 0 Å². The summed E-state index contributed by atoms with van der Waals surface area (Å²) < 4.78 is 0. The summed E-state index contributed by atoms with van der Waals surface area (Å²) in [6, 6.07) is 7.94. The summed E-state index contributed by atoms with van der Waals surface area (Å²) in [5.74, 6) is 6.10. The van der Waals surface area contributed by atoms with Crippen LogP contribution < -0.4 is 11.3 Å². The minimum atomic E-state index is 0.0575. The second-order valence-corrected chi connectivity index (χ2v) is 4.69. The van der Waals surface area contributed by atoms with Gasteiger partial charge in [0.15, 0.2) is 0 Å². The molecule has 3 N–H and O–H groups in total. The van der Waals surface area contributed by atoms with E-state index >= 15 is 0 Å². The molecular formula is C14H20N4. The maximum atomic E-state index is 5.66. The highest BCUT2D eigenvalue weighted by Gasteiger charge is 2.19. The summed E-state index contributed by atoms with van der Waals surface area (Å²) in [4.78, 5) is 9.08. The van der Waals surface area contributed by atoms with Gasteiger partial charge in [-0.2, -0.15) is 0 Å². The molecule has 0 saturated heterocycles. The lowest BCUT2D eigenvalue weighted by atomic mass is 9.95. The number of hydrogen-bond acceptors (Lipinski definition) is 4. The number of hydrogen-bond donors (Lipinski definition) is 2. The Balaban J connectivity index is 2.33. The molecule has 4 heteroatoms. The molecule has 1 aromatic carbocycles. The van der Waals surface area contributed by atoms with Crippen LogP contribution in [-0.4, -0.2) is 9.97 Å². The van der Waals surface area contributed by atoms with Crippen LogP contribution in [0.2, 0.25) is 0 Å². The maximum absolute atomic E-state index is 5.66. The molecule has 0 aliphatic rings. The number of rotatable bonds is 5. The molecule has 0 spiro atoms. The molecule has 0 fully saturated rings. The van der Waals surface area contributed by atoms with Crippen LogP contribution >= 0.6 is 0 Å². The van der Waals surface area contributed by atoms with Crippen molar-refractivity contribution in [2.45, 2.75) is 32.7 Å². The highest BCUT2D eigenvalue weighted by atomic mass is 15.2. The molecule has 96 valence electrons. The molecular weight excluding hydrogens is 224 g/mol. The van der Waals surface area contributed by atoms with Gasteiger partial charge in [-0.05, 0) is 24.5 Å². The molecule has 4 nitrogen and oxygen atoms in total. The maximum Gasteiger partial charge on any atom is 0.0890 e. The number of aromatic nitrogens is 2. The highest BCUT2D eigenvalue weighted by molar-refractivity contribution is 5.73. The van der Waals surface area contributed by atoms with E-state index in [0.29, 0.717) is 5.92 Å². The van der Waals surface area contributed by atoms with E-state index < -0.39 is 0 Å². The monoisotopic (exact) mass is 244 g/mol. The third-order valence-corrected chi connectivity index (χ3v) is 3.28. The van der Waals surface area contributed by atoms with Crippen molar-refractivity contribution in [3.05, 3.63) is 36.2 Å². The molecule has 0 aliphatic carbocycles. The molecule has 0 bridgehead atoms. The van der Waals surface area contributed by atoms with Gasteiger partial charge in [0.05, 0.1) is 29.0 Å². The highest BCUT2D eigenvalue weighted by Crippen LogP contribution is 2.24. The van der Waals surface area contributed by atoms with E-state index in [0.717, 1.165) is 29.6 Å². The van der Waals surface area contributed by atoms with Gasteiger partial charge in [0, 0.05) is 0 Å². The predicted octanol–water partition coefficient (Wildman–Crippen LogP) is 2.57. The van der Waals surface area contributed by atoms with Crippen molar-refractivity contribution in [1.82, 2.24) is 15.4 Å². The number of benzene rings is 1. The molecule has 0 amide bonds. The number of para-hydroxylation sites is 2. The van der Waals surface area contributed by atoms with Crippen molar-refractivity contribution in [2.24, 2.45) is 11.8 Å². The lowest BCUT2D eigenvalue weighted by Crippen LogP contribution is -2.33. The number of hydrazine groups is 1.